The molecule has 0 unspecified atom stereocenters. The number of rotatable bonds is 9. The van der Waals surface area contributed by atoms with Gasteiger partial charge in [-0.05, 0) is 13.0 Å². The molecule has 1 fully saturated rings. The van der Waals surface area contributed by atoms with Gasteiger partial charge in [-0.25, -0.2) is 4.79 Å². The van der Waals surface area contributed by atoms with Crippen molar-refractivity contribution in [2.24, 2.45) is 5.73 Å². The number of phenolic OH excluding ortho intramolecular Hbond substituents is 2. The molecule has 0 spiro atoms. The standard InChI is InChI=1S/C32H37N3O12/c1-4-10-45-31(42)35-9-8-34-30(41)32(43)12-16-22(19(13-32)47-20-11-17(33)25(36)14(2)46-20)29(40)24-23(27(16)38)26(37)15-6-5-7-18(44-3)21(15)28(24)39/h4-7,14,17,19-20,25,36,38,40,43H,1,8-13,33H2,2-3H3,(H,34,41)(H,35,42)/t14-,17-,19-,20-,25+,32-/m0/s1. The summed E-state index contributed by atoms with van der Waals surface area (Å²) < 4.78 is 22.0. The maximum absolute atomic E-state index is 13.8. The minimum atomic E-state index is -2.27. The smallest absolute Gasteiger partial charge is 0.407 e. The van der Waals surface area contributed by atoms with E-state index in [9.17, 15) is 39.6 Å². The molecule has 5 rings (SSSR count). The maximum atomic E-state index is 13.8. The van der Waals surface area contributed by atoms with Crippen molar-refractivity contribution in [1.29, 1.82) is 0 Å². The van der Waals surface area contributed by atoms with Crippen molar-refractivity contribution < 1.29 is 58.6 Å². The molecule has 2 aromatic carbocycles. The average molecular weight is 656 g/mol. The molecule has 0 radical (unpaired) electrons. The molecule has 8 N–H and O–H groups in total. The van der Waals surface area contributed by atoms with E-state index < -0.39 is 95.3 Å². The van der Waals surface area contributed by atoms with Crippen LogP contribution < -0.4 is 21.1 Å². The van der Waals surface area contributed by atoms with Gasteiger partial charge < -0.3 is 55.7 Å². The Hall–Kier alpha value is -4.54. The number of alkyl carbamates (subject to hydrolysis) is 1. The number of aromatic hydroxyl groups is 2. The van der Waals surface area contributed by atoms with Gasteiger partial charge in [-0.2, -0.15) is 0 Å². The van der Waals surface area contributed by atoms with Crippen molar-refractivity contribution in [2.75, 3.05) is 26.8 Å². The van der Waals surface area contributed by atoms with E-state index in [2.05, 4.69) is 17.2 Å². The van der Waals surface area contributed by atoms with Gasteiger partial charge >= 0.3 is 6.09 Å². The Morgan fingerprint density at radius 1 is 1.13 bits per heavy atom. The SMILES string of the molecule is C=CCOC(=O)NCCNC(=O)[C@]1(O)Cc2c(O)c3c(c(O)c2[C@@H](O[C@H]2C[C@H](N)[C@H](O)[C@H](C)O2)C1)C(=O)c1c(OC)cccc1C3=O. The lowest BCUT2D eigenvalue weighted by atomic mass is 9.72. The minimum Gasteiger partial charge on any atom is -0.507 e. The zero-order valence-corrected chi connectivity index (χ0v) is 25.8. The second kappa shape index (κ2) is 13.3. The first-order valence-corrected chi connectivity index (χ1v) is 15.0. The van der Waals surface area contributed by atoms with E-state index in [1.165, 1.54) is 31.4 Å². The number of carbonyl (C=O) groups is 4. The molecule has 0 saturated carbocycles. The highest BCUT2D eigenvalue weighted by Gasteiger charge is 2.50. The van der Waals surface area contributed by atoms with Gasteiger partial charge in [0.05, 0.1) is 42.1 Å². The number of benzene rings is 2. The highest BCUT2D eigenvalue weighted by atomic mass is 16.7. The molecule has 2 aromatic rings. The molecular formula is C32H37N3O12. The van der Waals surface area contributed by atoms with Gasteiger partial charge in [0, 0.05) is 55.1 Å². The van der Waals surface area contributed by atoms with Gasteiger partial charge in [0.1, 0.15) is 29.5 Å². The molecule has 47 heavy (non-hydrogen) atoms. The number of nitrogens with one attached hydrogen (secondary N) is 2. The van der Waals surface area contributed by atoms with E-state index in [-0.39, 0.29) is 54.1 Å². The zero-order chi connectivity index (χ0) is 34.2. The molecule has 2 amide bonds. The summed E-state index contributed by atoms with van der Waals surface area (Å²) in [6.45, 7) is 4.83. The lowest BCUT2D eigenvalue weighted by Gasteiger charge is -2.42. The highest BCUT2D eigenvalue weighted by Crippen LogP contribution is 2.52. The van der Waals surface area contributed by atoms with Crippen molar-refractivity contribution in [2.45, 2.75) is 62.4 Å². The fourth-order valence-corrected chi connectivity index (χ4v) is 6.25. The molecule has 0 aromatic heterocycles. The highest BCUT2D eigenvalue weighted by molar-refractivity contribution is 6.31. The van der Waals surface area contributed by atoms with Crippen LogP contribution in [0, 0.1) is 0 Å². The molecule has 2 aliphatic carbocycles. The van der Waals surface area contributed by atoms with Gasteiger partial charge in [0.2, 0.25) is 5.78 Å². The summed E-state index contributed by atoms with van der Waals surface area (Å²) in [5.74, 6) is -3.77. The molecule has 15 nitrogen and oxygen atoms in total. The fourth-order valence-electron chi connectivity index (χ4n) is 6.25. The topological polar surface area (TPSA) is 236 Å². The van der Waals surface area contributed by atoms with Crippen molar-refractivity contribution in [3.63, 3.8) is 0 Å². The van der Waals surface area contributed by atoms with Crippen LogP contribution in [0.2, 0.25) is 0 Å². The fraction of sp³-hybridized carbons (Fsp3) is 0.438. The third-order valence-corrected chi connectivity index (χ3v) is 8.58. The van der Waals surface area contributed by atoms with Gasteiger partial charge in [0.25, 0.3) is 5.91 Å². The molecule has 6 atom stereocenters. The molecule has 0 bridgehead atoms. The number of methoxy groups -OCH3 is 1. The molecule has 1 aliphatic heterocycles. The Labute approximate surface area is 269 Å². The second-order valence-electron chi connectivity index (χ2n) is 11.6. The van der Waals surface area contributed by atoms with Crippen molar-refractivity contribution in [1.82, 2.24) is 10.6 Å². The van der Waals surface area contributed by atoms with Crippen LogP contribution in [0.5, 0.6) is 17.2 Å². The first-order valence-electron chi connectivity index (χ1n) is 15.0. The number of nitrogens with two attached hydrogens (primary N) is 1. The molecule has 3 aliphatic rings. The van der Waals surface area contributed by atoms with Gasteiger partial charge in [-0.1, -0.05) is 24.8 Å². The van der Waals surface area contributed by atoms with Gasteiger partial charge in [-0.15, -0.1) is 0 Å². The lowest BCUT2D eigenvalue weighted by Crippen LogP contribution is -2.54. The van der Waals surface area contributed by atoms with Crippen molar-refractivity contribution in [3.05, 3.63) is 64.2 Å². The normalized spacial score (nSPS) is 26.4. The number of fused-ring (bicyclic) bond motifs is 3. The molecule has 15 heteroatoms. The summed E-state index contributed by atoms with van der Waals surface area (Å²) >= 11 is 0. The number of aliphatic hydroxyl groups excluding tert-OH is 1. The van der Waals surface area contributed by atoms with E-state index in [0.29, 0.717) is 0 Å². The van der Waals surface area contributed by atoms with Crippen LogP contribution in [-0.2, 0) is 25.4 Å². The summed E-state index contributed by atoms with van der Waals surface area (Å²) in [5, 5.41) is 50.2. The van der Waals surface area contributed by atoms with Gasteiger partial charge in [-0.3, -0.25) is 14.4 Å². The Morgan fingerprint density at radius 3 is 2.51 bits per heavy atom. The van der Waals surface area contributed by atoms with E-state index >= 15 is 0 Å². The van der Waals surface area contributed by atoms with Crippen LogP contribution in [0.3, 0.4) is 0 Å². The number of ketones is 2. The number of amides is 2. The maximum Gasteiger partial charge on any atom is 0.407 e. The van der Waals surface area contributed by atoms with E-state index in [0.717, 1.165) is 0 Å². The lowest BCUT2D eigenvalue weighted by molar-refractivity contribution is -0.247. The van der Waals surface area contributed by atoms with Gasteiger partial charge in [0.15, 0.2) is 12.1 Å². The molecule has 1 saturated heterocycles. The Balaban J connectivity index is 1.53. The summed E-state index contributed by atoms with van der Waals surface area (Å²) in [7, 11) is 1.32. The van der Waals surface area contributed by atoms with Crippen LogP contribution in [0.1, 0.15) is 68.8 Å². The summed E-state index contributed by atoms with van der Waals surface area (Å²) in [5.41, 5.74) is 2.35. The number of hydrogen-bond donors (Lipinski definition) is 7. The molecule has 252 valence electrons. The van der Waals surface area contributed by atoms with E-state index in [1.54, 1.807) is 6.92 Å². The Bertz CT molecular complexity index is 1610. The van der Waals surface area contributed by atoms with Crippen molar-refractivity contribution in [3.8, 4) is 17.2 Å². The largest absolute Gasteiger partial charge is 0.507 e. The first-order chi connectivity index (χ1) is 22.3. The van der Waals surface area contributed by atoms with E-state index in [4.69, 9.17) is 24.7 Å². The third kappa shape index (κ3) is 6.15. The van der Waals surface area contributed by atoms with Crippen LogP contribution in [-0.4, -0.2) is 101 Å². The average Bonchev–Trinajstić information content (AvgIpc) is 3.04. The van der Waals surface area contributed by atoms with Crippen LogP contribution in [0.25, 0.3) is 0 Å². The Kier molecular flexibility index (Phi) is 9.56. The number of hydrogen-bond acceptors (Lipinski definition) is 13. The minimum absolute atomic E-state index is 0.00470. The molecule has 1 heterocycles. The second-order valence-corrected chi connectivity index (χ2v) is 11.6. The zero-order valence-electron chi connectivity index (χ0n) is 25.8. The summed E-state index contributed by atoms with van der Waals surface area (Å²) in [6.07, 6.45) is -4.65. The van der Waals surface area contributed by atoms with E-state index in [1.807, 2.05) is 0 Å². The monoisotopic (exact) mass is 655 g/mol. The van der Waals surface area contributed by atoms with Crippen molar-refractivity contribution >= 4 is 23.6 Å². The molecular weight excluding hydrogens is 618 g/mol. The first kappa shape index (κ1) is 33.8. The third-order valence-electron chi connectivity index (χ3n) is 8.58. The predicted molar refractivity (Wildman–Crippen MR) is 162 cm³/mol. The number of aliphatic hydroxyl groups is 2. The quantitative estimate of drug-likeness (QED) is 0.0944. The number of phenols is 2. The summed E-state index contributed by atoms with van der Waals surface area (Å²) in [4.78, 5) is 52.7. The number of carbonyl (C=O) groups excluding carboxylic acids is 4. The Morgan fingerprint density at radius 2 is 1.83 bits per heavy atom. The van der Waals surface area contributed by atoms with Crippen LogP contribution >= 0.6 is 0 Å². The van der Waals surface area contributed by atoms with Crippen LogP contribution in [0.15, 0.2) is 30.9 Å². The predicted octanol–water partition coefficient (Wildman–Crippen LogP) is 0.468. The van der Waals surface area contributed by atoms with Crippen LogP contribution in [0.4, 0.5) is 4.79 Å². The summed E-state index contributed by atoms with van der Waals surface area (Å²) in [6, 6.07) is 3.60. The number of ether oxygens (including phenoxy) is 4.